The molecule has 2 heterocycles. The maximum atomic E-state index is 12.7. The van der Waals surface area contributed by atoms with Gasteiger partial charge >= 0.3 is 6.01 Å². The van der Waals surface area contributed by atoms with E-state index in [2.05, 4.69) is 20.3 Å². The van der Waals surface area contributed by atoms with Crippen LogP contribution in [0.25, 0.3) is 5.69 Å². The molecule has 0 aliphatic rings. The molecule has 1 aromatic carbocycles. The lowest BCUT2D eigenvalue weighted by molar-refractivity contribution is 0.151. The number of nitrogens with zero attached hydrogens (tertiary/aromatic N) is 5. The normalized spacial score (nSPS) is 10.8. The Labute approximate surface area is 135 Å². The third-order valence-corrected chi connectivity index (χ3v) is 3.12. The number of ether oxygens (including phenoxy) is 2. The Balaban J connectivity index is 1.68. The van der Waals surface area contributed by atoms with Crippen molar-refractivity contribution in [2.75, 3.05) is 7.11 Å². The highest BCUT2D eigenvalue weighted by molar-refractivity contribution is 5.35. The Kier molecular flexibility index (Phi) is 4.59. The first kappa shape index (κ1) is 15.8. The monoisotopic (exact) mass is 333 g/mol. The lowest BCUT2D eigenvalue weighted by Gasteiger charge is -2.04. The molecule has 9 heteroatoms. The zero-order chi connectivity index (χ0) is 16.9. The van der Waals surface area contributed by atoms with Gasteiger partial charge in [-0.2, -0.15) is 9.97 Å². The molecule has 0 aliphatic carbocycles. The number of hydrogen-bond acceptors (Lipinski definition) is 6. The van der Waals surface area contributed by atoms with Gasteiger partial charge in [0.2, 0.25) is 0 Å². The number of halogens is 2. The van der Waals surface area contributed by atoms with Crippen LogP contribution >= 0.6 is 0 Å². The van der Waals surface area contributed by atoms with Crippen molar-refractivity contribution in [1.29, 1.82) is 0 Å². The van der Waals surface area contributed by atoms with Gasteiger partial charge in [-0.1, -0.05) is 17.3 Å². The molecule has 0 atom stereocenters. The molecule has 124 valence electrons. The Bertz CT molecular complexity index is 808. The van der Waals surface area contributed by atoms with Crippen LogP contribution in [0.3, 0.4) is 0 Å². The fourth-order valence-corrected chi connectivity index (χ4v) is 1.92. The SMILES string of the molecule is COc1cnc(OCc2cn(-c3cccc(C(F)F)c3)nn2)nc1. The van der Waals surface area contributed by atoms with Crippen LogP contribution in [0, 0.1) is 0 Å². The quantitative estimate of drug-likeness (QED) is 0.690. The average molecular weight is 333 g/mol. The van der Waals surface area contributed by atoms with Crippen molar-refractivity contribution in [3.63, 3.8) is 0 Å². The zero-order valence-corrected chi connectivity index (χ0v) is 12.6. The van der Waals surface area contributed by atoms with Crippen LogP contribution in [0.15, 0.2) is 42.9 Å². The minimum absolute atomic E-state index is 0.0765. The highest BCUT2D eigenvalue weighted by Gasteiger charge is 2.10. The summed E-state index contributed by atoms with van der Waals surface area (Å²) in [4.78, 5) is 7.93. The molecule has 0 radical (unpaired) electrons. The predicted molar refractivity (Wildman–Crippen MR) is 79.2 cm³/mol. The van der Waals surface area contributed by atoms with E-state index in [0.29, 0.717) is 17.1 Å². The molecule has 0 aliphatic heterocycles. The first-order valence-electron chi connectivity index (χ1n) is 6.94. The number of aromatic nitrogens is 5. The summed E-state index contributed by atoms with van der Waals surface area (Å²) in [6, 6.07) is 6.09. The van der Waals surface area contributed by atoms with Crippen molar-refractivity contribution >= 4 is 0 Å². The molecule has 24 heavy (non-hydrogen) atoms. The largest absolute Gasteiger partial charge is 0.494 e. The second-order valence-electron chi connectivity index (χ2n) is 4.74. The second-order valence-corrected chi connectivity index (χ2v) is 4.74. The number of alkyl halides is 2. The first-order valence-corrected chi connectivity index (χ1v) is 6.94. The summed E-state index contributed by atoms with van der Waals surface area (Å²) in [6.07, 6.45) is 2.02. The molecule has 3 aromatic rings. The molecule has 2 aromatic heterocycles. The fraction of sp³-hybridized carbons (Fsp3) is 0.200. The van der Waals surface area contributed by atoms with Gasteiger partial charge in [-0.3, -0.25) is 0 Å². The standard InChI is InChI=1S/C15H13F2N5O2/c1-23-13-6-18-15(19-7-13)24-9-11-8-22(21-20-11)12-4-2-3-10(5-12)14(16)17/h2-8,14H,9H2,1H3. The summed E-state index contributed by atoms with van der Waals surface area (Å²) in [5.41, 5.74) is 0.927. The maximum Gasteiger partial charge on any atom is 0.316 e. The summed E-state index contributed by atoms with van der Waals surface area (Å²) in [5.74, 6) is 0.521. The van der Waals surface area contributed by atoms with Gasteiger partial charge in [0.25, 0.3) is 6.43 Å². The smallest absolute Gasteiger partial charge is 0.316 e. The van der Waals surface area contributed by atoms with E-state index in [1.54, 1.807) is 18.3 Å². The highest BCUT2D eigenvalue weighted by Crippen LogP contribution is 2.21. The van der Waals surface area contributed by atoms with Crippen molar-refractivity contribution in [2.45, 2.75) is 13.0 Å². The summed E-state index contributed by atoms with van der Waals surface area (Å²) < 4.78 is 37.2. The van der Waals surface area contributed by atoms with Gasteiger partial charge in [0.15, 0.2) is 5.75 Å². The van der Waals surface area contributed by atoms with Gasteiger partial charge in [-0.15, -0.1) is 5.10 Å². The molecule has 0 N–H and O–H groups in total. The van der Waals surface area contributed by atoms with Crippen LogP contribution in [-0.2, 0) is 6.61 Å². The fourth-order valence-electron chi connectivity index (χ4n) is 1.92. The summed E-state index contributed by atoms with van der Waals surface area (Å²) in [7, 11) is 1.51. The van der Waals surface area contributed by atoms with Gasteiger partial charge in [-0.05, 0) is 12.1 Å². The molecule has 0 unspecified atom stereocenters. The van der Waals surface area contributed by atoms with Crippen LogP contribution in [0.5, 0.6) is 11.8 Å². The van der Waals surface area contributed by atoms with Crippen LogP contribution in [0.1, 0.15) is 17.7 Å². The van der Waals surface area contributed by atoms with E-state index in [1.165, 1.54) is 36.3 Å². The number of hydrogen-bond donors (Lipinski definition) is 0. The van der Waals surface area contributed by atoms with Crippen LogP contribution in [0.4, 0.5) is 8.78 Å². The Morgan fingerprint density at radius 1 is 1.21 bits per heavy atom. The van der Waals surface area contributed by atoms with Gasteiger partial charge in [-0.25, -0.2) is 13.5 Å². The van der Waals surface area contributed by atoms with Gasteiger partial charge < -0.3 is 9.47 Å². The molecular formula is C15H13F2N5O2. The van der Waals surface area contributed by atoms with Crippen molar-refractivity contribution in [1.82, 2.24) is 25.0 Å². The molecule has 0 bridgehead atoms. The average Bonchev–Trinajstić information content (AvgIpc) is 3.09. The number of methoxy groups -OCH3 is 1. The lowest BCUT2D eigenvalue weighted by Crippen LogP contribution is -2.00. The second kappa shape index (κ2) is 6.99. The third kappa shape index (κ3) is 3.62. The van der Waals surface area contributed by atoms with Crippen molar-refractivity contribution in [3.8, 4) is 17.4 Å². The lowest BCUT2D eigenvalue weighted by atomic mass is 10.2. The van der Waals surface area contributed by atoms with E-state index >= 15 is 0 Å². The maximum absolute atomic E-state index is 12.7. The van der Waals surface area contributed by atoms with Crippen molar-refractivity contribution < 1.29 is 18.3 Å². The Hall–Kier alpha value is -3.10. The topological polar surface area (TPSA) is 75.0 Å². The Morgan fingerprint density at radius 3 is 2.71 bits per heavy atom. The molecule has 3 rings (SSSR count). The number of rotatable bonds is 6. The van der Waals surface area contributed by atoms with Crippen LogP contribution in [-0.4, -0.2) is 32.1 Å². The van der Waals surface area contributed by atoms with Crippen molar-refractivity contribution in [3.05, 3.63) is 54.1 Å². The van der Waals surface area contributed by atoms with E-state index in [4.69, 9.17) is 9.47 Å². The minimum atomic E-state index is -2.54. The molecule has 7 nitrogen and oxygen atoms in total. The Morgan fingerprint density at radius 2 is 2.00 bits per heavy atom. The molecule has 0 amide bonds. The van der Waals surface area contributed by atoms with E-state index < -0.39 is 6.43 Å². The molecule has 0 saturated carbocycles. The summed E-state index contributed by atoms with van der Waals surface area (Å²) in [5, 5.41) is 7.84. The van der Waals surface area contributed by atoms with Crippen molar-refractivity contribution in [2.24, 2.45) is 0 Å². The summed E-state index contributed by atoms with van der Waals surface area (Å²) >= 11 is 0. The first-order chi connectivity index (χ1) is 11.7. The van der Waals surface area contributed by atoms with Gasteiger partial charge in [0.1, 0.15) is 12.3 Å². The molecule has 0 saturated heterocycles. The molecule has 0 fully saturated rings. The zero-order valence-electron chi connectivity index (χ0n) is 12.6. The van der Waals surface area contributed by atoms with E-state index in [9.17, 15) is 8.78 Å². The molecule has 0 spiro atoms. The third-order valence-electron chi connectivity index (χ3n) is 3.12. The van der Waals surface area contributed by atoms with E-state index in [-0.39, 0.29) is 18.2 Å². The van der Waals surface area contributed by atoms with Gasteiger partial charge in [0.05, 0.1) is 31.4 Å². The van der Waals surface area contributed by atoms with Gasteiger partial charge in [0, 0.05) is 5.56 Å². The van der Waals surface area contributed by atoms with Crippen LogP contribution < -0.4 is 9.47 Å². The predicted octanol–water partition coefficient (Wildman–Crippen LogP) is 2.58. The minimum Gasteiger partial charge on any atom is -0.494 e. The highest BCUT2D eigenvalue weighted by atomic mass is 19.3. The number of benzene rings is 1. The summed E-state index contributed by atoms with van der Waals surface area (Å²) in [6.45, 7) is 0.0981. The van der Waals surface area contributed by atoms with E-state index in [1.807, 2.05) is 0 Å². The van der Waals surface area contributed by atoms with E-state index in [0.717, 1.165) is 0 Å². The molecular weight excluding hydrogens is 320 g/mol. The van der Waals surface area contributed by atoms with Crippen LogP contribution in [0.2, 0.25) is 0 Å².